The Labute approximate surface area is 129 Å². The number of nitrogens with one attached hydrogen (secondary N) is 1. The lowest BCUT2D eigenvalue weighted by atomic mass is 10.1. The second kappa shape index (κ2) is 11.7. The summed E-state index contributed by atoms with van der Waals surface area (Å²) >= 11 is 0. The standard InChI is InChI=1S/C17H30N2O2/c1-3-11-19(4-2)15-17(16-8-6-5-7-9-16)18-10-13-21-14-12-20/h5-9,17-18,20H,3-4,10-15H2,1-2H3. The third-order valence-electron chi connectivity index (χ3n) is 3.50. The van der Waals surface area contributed by atoms with Crippen LogP contribution in [-0.4, -0.2) is 56.0 Å². The molecule has 1 atom stereocenters. The molecule has 0 aromatic heterocycles. The summed E-state index contributed by atoms with van der Waals surface area (Å²) in [6.07, 6.45) is 1.18. The molecule has 1 unspecified atom stereocenters. The molecule has 0 saturated carbocycles. The molecule has 0 radical (unpaired) electrons. The number of hydrogen-bond donors (Lipinski definition) is 2. The normalized spacial score (nSPS) is 12.8. The summed E-state index contributed by atoms with van der Waals surface area (Å²) in [5.74, 6) is 0. The molecule has 0 heterocycles. The van der Waals surface area contributed by atoms with E-state index in [0.717, 1.165) is 26.2 Å². The van der Waals surface area contributed by atoms with Crippen LogP contribution in [0.2, 0.25) is 0 Å². The van der Waals surface area contributed by atoms with Gasteiger partial charge in [0.2, 0.25) is 0 Å². The van der Waals surface area contributed by atoms with Gasteiger partial charge in [0.05, 0.1) is 19.8 Å². The minimum Gasteiger partial charge on any atom is -0.394 e. The van der Waals surface area contributed by atoms with Crippen LogP contribution in [0.1, 0.15) is 31.9 Å². The first-order valence-electron chi connectivity index (χ1n) is 8.01. The second-order valence-electron chi connectivity index (χ2n) is 5.15. The molecule has 21 heavy (non-hydrogen) atoms. The van der Waals surface area contributed by atoms with Gasteiger partial charge < -0.3 is 20.1 Å². The van der Waals surface area contributed by atoms with Gasteiger partial charge >= 0.3 is 0 Å². The summed E-state index contributed by atoms with van der Waals surface area (Å²) in [5.41, 5.74) is 1.31. The summed E-state index contributed by atoms with van der Waals surface area (Å²) in [5, 5.41) is 12.3. The largest absolute Gasteiger partial charge is 0.394 e. The summed E-state index contributed by atoms with van der Waals surface area (Å²) in [7, 11) is 0. The lowest BCUT2D eigenvalue weighted by Gasteiger charge is -2.27. The van der Waals surface area contributed by atoms with Crippen LogP contribution in [0.25, 0.3) is 0 Å². The highest BCUT2D eigenvalue weighted by Crippen LogP contribution is 2.14. The van der Waals surface area contributed by atoms with Crippen molar-refractivity contribution in [1.29, 1.82) is 0 Å². The number of likely N-dealkylation sites (N-methyl/N-ethyl adjacent to an activating group) is 1. The highest BCUT2D eigenvalue weighted by molar-refractivity contribution is 5.19. The first kappa shape index (κ1) is 18.1. The molecule has 2 N–H and O–H groups in total. The summed E-state index contributed by atoms with van der Waals surface area (Å²) in [6, 6.07) is 10.9. The molecule has 4 nitrogen and oxygen atoms in total. The van der Waals surface area contributed by atoms with Crippen molar-refractivity contribution >= 4 is 0 Å². The van der Waals surface area contributed by atoms with E-state index in [-0.39, 0.29) is 6.61 Å². The molecular weight excluding hydrogens is 264 g/mol. The van der Waals surface area contributed by atoms with Gasteiger partial charge in [-0.25, -0.2) is 0 Å². The monoisotopic (exact) mass is 294 g/mol. The van der Waals surface area contributed by atoms with E-state index in [0.29, 0.717) is 19.3 Å². The fourth-order valence-corrected chi connectivity index (χ4v) is 2.40. The van der Waals surface area contributed by atoms with Crippen LogP contribution in [-0.2, 0) is 4.74 Å². The fourth-order valence-electron chi connectivity index (χ4n) is 2.40. The Morgan fingerprint density at radius 2 is 1.95 bits per heavy atom. The van der Waals surface area contributed by atoms with E-state index in [4.69, 9.17) is 9.84 Å². The second-order valence-corrected chi connectivity index (χ2v) is 5.15. The van der Waals surface area contributed by atoms with Gasteiger partial charge in [-0.3, -0.25) is 0 Å². The summed E-state index contributed by atoms with van der Waals surface area (Å²) in [4.78, 5) is 2.47. The van der Waals surface area contributed by atoms with Crippen LogP contribution in [0, 0.1) is 0 Å². The van der Waals surface area contributed by atoms with E-state index < -0.39 is 0 Å². The molecule has 4 heteroatoms. The van der Waals surface area contributed by atoms with Crippen molar-refractivity contribution in [1.82, 2.24) is 10.2 Å². The number of benzene rings is 1. The van der Waals surface area contributed by atoms with Gasteiger partial charge in [0.25, 0.3) is 0 Å². The van der Waals surface area contributed by atoms with E-state index in [2.05, 4.69) is 54.4 Å². The van der Waals surface area contributed by atoms with E-state index in [9.17, 15) is 0 Å². The minimum atomic E-state index is 0.0855. The van der Waals surface area contributed by atoms with Crippen molar-refractivity contribution < 1.29 is 9.84 Å². The van der Waals surface area contributed by atoms with Crippen molar-refractivity contribution in [2.24, 2.45) is 0 Å². The van der Waals surface area contributed by atoms with Gasteiger partial charge in [-0.2, -0.15) is 0 Å². The Hall–Kier alpha value is -0.940. The van der Waals surface area contributed by atoms with Crippen LogP contribution < -0.4 is 5.32 Å². The lowest BCUT2D eigenvalue weighted by molar-refractivity contribution is 0.0915. The van der Waals surface area contributed by atoms with Gasteiger partial charge in [-0.1, -0.05) is 44.2 Å². The average molecular weight is 294 g/mol. The molecule has 0 aliphatic carbocycles. The Balaban J connectivity index is 2.53. The van der Waals surface area contributed by atoms with Gasteiger partial charge in [-0.05, 0) is 25.1 Å². The van der Waals surface area contributed by atoms with Crippen LogP contribution in [0.3, 0.4) is 0 Å². The molecule has 120 valence electrons. The highest BCUT2D eigenvalue weighted by atomic mass is 16.5. The molecule has 1 aromatic carbocycles. The quantitative estimate of drug-likeness (QED) is 0.579. The minimum absolute atomic E-state index is 0.0855. The van der Waals surface area contributed by atoms with Crippen LogP contribution in [0.4, 0.5) is 0 Å². The number of aliphatic hydroxyl groups excluding tert-OH is 1. The van der Waals surface area contributed by atoms with E-state index in [1.165, 1.54) is 12.0 Å². The molecule has 0 bridgehead atoms. The van der Waals surface area contributed by atoms with Crippen molar-refractivity contribution in [3.63, 3.8) is 0 Å². The van der Waals surface area contributed by atoms with E-state index in [1.54, 1.807) is 0 Å². The predicted octanol–water partition coefficient (Wildman–Crippen LogP) is 2.06. The Kier molecular flexibility index (Phi) is 10.1. The summed E-state index contributed by atoms with van der Waals surface area (Å²) < 4.78 is 5.32. The van der Waals surface area contributed by atoms with Gasteiger partial charge in [0.1, 0.15) is 0 Å². The molecule has 0 fully saturated rings. The first-order valence-corrected chi connectivity index (χ1v) is 8.01. The van der Waals surface area contributed by atoms with Crippen LogP contribution in [0.15, 0.2) is 30.3 Å². The predicted molar refractivity (Wildman–Crippen MR) is 87.5 cm³/mol. The molecule has 0 spiro atoms. The van der Waals surface area contributed by atoms with Crippen molar-refractivity contribution in [2.45, 2.75) is 26.3 Å². The maximum Gasteiger partial charge on any atom is 0.0698 e. The molecule has 1 aromatic rings. The SMILES string of the molecule is CCCN(CC)CC(NCCOCCO)c1ccccc1. The third kappa shape index (κ3) is 7.58. The van der Waals surface area contributed by atoms with Crippen LogP contribution >= 0.6 is 0 Å². The molecule has 0 saturated heterocycles. The van der Waals surface area contributed by atoms with Crippen molar-refractivity contribution in [2.75, 3.05) is 46.0 Å². The van der Waals surface area contributed by atoms with Crippen molar-refractivity contribution in [3.05, 3.63) is 35.9 Å². The maximum absolute atomic E-state index is 8.71. The zero-order valence-electron chi connectivity index (χ0n) is 13.4. The van der Waals surface area contributed by atoms with Gasteiger partial charge in [0.15, 0.2) is 0 Å². The molecule has 1 rings (SSSR count). The first-order chi connectivity index (χ1) is 10.3. The molecular formula is C17H30N2O2. The van der Waals surface area contributed by atoms with Gasteiger partial charge in [0, 0.05) is 19.1 Å². The summed E-state index contributed by atoms with van der Waals surface area (Å²) in [6.45, 7) is 9.55. The Bertz CT molecular complexity index is 346. The zero-order chi connectivity index (χ0) is 15.3. The van der Waals surface area contributed by atoms with E-state index in [1.807, 2.05) is 0 Å². The third-order valence-corrected chi connectivity index (χ3v) is 3.50. The fraction of sp³-hybridized carbons (Fsp3) is 0.647. The number of ether oxygens (including phenoxy) is 1. The van der Waals surface area contributed by atoms with Crippen LogP contribution in [0.5, 0.6) is 0 Å². The van der Waals surface area contributed by atoms with E-state index >= 15 is 0 Å². The lowest BCUT2D eigenvalue weighted by Crippen LogP contribution is -2.37. The smallest absolute Gasteiger partial charge is 0.0698 e. The molecule has 0 amide bonds. The highest BCUT2D eigenvalue weighted by Gasteiger charge is 2.14. The van der Waals surface area contributed by atoms with Gasteiger partial charge in [-0.15, -0.1) is 0 Å². The molecule has 0 aliphatic rings. The number of nitrogens with zero attached hydrogens (tertiary/aromatic N) is 1. The number of aliphatic hydroxyl groups is 1. The average Bonchev–Trinajstić information content (AvgIpc) is 2.53. The molecule has 0 aliphatic heterocycles. The Morgan fingerprint density at radius 1 is 1.19 bits per heavy atom. The topological polar surface area (TPSA) is 44.7 Å². The maximum atomic E-state index is 8.71. The Morgan fingerprint density at radius 3 is 2.57 bits per heavy atom. The number of rotatable bonds is 12. The number of hydrogen-bond acceptors (Lipinski definition) is 4. The zero-order valence-corrected chi connectivity index (χ0v) is 13.4. The van der Waals surface area contributed by atoms with Crippen molar-refractivity contribution in [3.8, 4) is 0 Å².